The SMILES string of the molecule is CNC(C)Cc1noc(-c2ccoc2CN2c3ccccc3CC2C)n1.Cl. The number of aromatic nitrogens is 2. The number of rotatable bonds is 6. The minimum Gasteiger partial charge on any atom is -0.467 e. The van der Waals surface area contributed by atoms with Crippen molar-refractivity contribution in [3.05, 3.63) is 53.7 Å². The molecule has 1 aliphatic heterocycles. The average molecular weight is 389 g/mol. The molecule has 3 aromatic rings. The quantitative estimate of drug-likeness (QED) is 0.691. The molecule has 27 heavy (non-hydrogen) atoms. The molecule has 4 rings (SSSR count). The molecule has 144 valence electrons. The summed E-state index contributed by atoms with van der Waals surface area (Å²) in [6.07, 6.45) is 3.47. The smallest absolute Gasteiger partial charge is 0.261 e. The zero-order chi connectivity index (χ0) is 18.1. The summed E-state index contributed by atoms with van der Waals surface area (Å²) in [7, 11) is 1.93. The van der Waals surface area contributed by atoms with Gasteiger partial charge in [-0.25, -0.2) is 0 Å². The van der Waals surface area contributed by atoms with Gasteiger partial charge in [0, 0.05) is 24.2 Å². The standard InChI is InChI=1S/C20H24N4O2.ClH/c1-13(21-3)10-19-22-20(26-23-19)16-8-9-25-18(16)12-24-14(2)11-15-6-4-5-7-17(15)24;/h4-9,13-14,21H,10-12H2,1-3H3;1H. The number of furan rings is 1. The summed E-state index contributed by atoms with van der Waals surface area (Å²) in [5, 5.41) is 7.29. The third-order valence-corrected chi connectivity index (χ3v) is 5.09. The third kappa shape index (κ3) is 3.87. The van der Waals surface area contributed by atoms with Gasteiger partial charge in [-0.15, -0.1) is 12.4 Å². The van der Waals surface area contributed by atoms with E-state index in [1.165, 1.54) is 11.3 Å². The summed E-state index contributed by atoms with van der Waals surface area (Å²) in [4.78, 5) is 6.92. The van der Waals surface area contributed by atoms with E-state index in [0.29, 0.717) is 30.3 Å². The summed E-state index contributed by atoms with van der Waals surface area (Å²) in [6, 6.07) is 11.2. The van der Waals surface area contributed by atoms with Crippen molar-refractivity contribution in [3.8, 4) is 11.5 Å². The Bertz CT molecular complexity index is 892. The molecule has 2 aromatic heterocycles. The van der Waals surface area contributed by atoms with Gasteiger partial charge in [0.2, 0.25) is 0 Å². The summed E-state index contributed by atoms with van der Waals surface area (Å²) < 4.78 is 11.3. The number of para-hydroxylation sites is 1. The summed E-state index contributed by atoms with van der Waals surface area (Å²) in [5.74, 6) is 2.08. The van der Waals surface area contributed by atoms with E-state index in [1.807, 2.05) is 13.1 Å². The molecular weight excluding hydrogens is 364 g/mol. The zero-order valence-electron chi connectivity index (χ0n) is 15.8. The number of benzene rings is 1. The topological polar surface area (TPSA) is 67.3 Å². The van der Waals surface area contributed by atoms with Crippen LogP contribution in [0.4, 0.5) is 5.69 Å². The number of anilines is 1. The van der Waals surface area contributed by atoms with Gasteiger partial charge in [0.1, 0.15) is 5.76 Å². The van der Waals surface area contributed by atoms with Crippen molar-refractivity contribution in [1.29, 1.82) is 0 Å². The van der Waals surface area contributed by atoms with E-state index in [0.717, 1.165) is 24.2 Å². The molecule has 0 aliphatic carbocycles. The Morgan fingerprint density at radius 2 is 2.11 bits per heavy atom. The summed E-state index contributed by atoms with van der Waals surface area (Å²) in [5.41, 5.74) is 3.53. The molecule has 2 unspecified atom stereocenters. The van der Waals surface area contributed by atoms with Crippen LogP contribution in [0.25, 0.3) is 11.5 Å². The Hall–Kier alpha value is -2.31. The molecule has 0 bridgehead atoms. The minimum atomic E-state index is 0. The van der Waals surface area contributed by atoms with E-state index in [-0.39, 0.29) is 12.4 Å². The highest BCUT2D eigenvalue weighted by Crippen LogP contribution is 2.35. The van der Waals surface area contributed by atoms with Gasteiger partial charge in [0.25, 0.3) is 5.89 Å². The highest BCUT2D eigenvalue weighted by atomic mass is 35.5. The zero-order valence-corrected chi connectivity index (χ0v) is 16.6. The maximum atomic E-state index is 5.77. The van der Waals surface area contributed by atoms with Crippen LogP contribution in [0.1, 0.15) is 31.0 Å². The number of likely N-dealkylation sites (N-methyl/N-ethyl adjacent to an activating group) is 1. The largest absolute Gasteiger partial charge is 0.467 e. The molecular formula is C20H25ClN4O2. The number of hydrogen-bond donors (Lipinski definition) is 1. The monoisotopic (exact) mass is 388 g/mol. The van der Waals surface area contributed by atoms with Gasteiger partial charge in [-0.05, 0) is 45.0 Å². The lowest BCUT2D eigenvalue weighted by atomic mass is 10.1. The lowest BCUT2D eigenvalue weighted by Gasteiger charge is -2.24. The average Bonchev–Trinajstić information content (AvgIpc) is 3.35. The molecule has 1 N–H and O–H groups in total. The van der Waals surface area contributed by atoms with Crippen LogP contribution in [0, 0.1) is 0 Å². The minimum absolute atomic E-state index is 0. The van der Waals surface area contributed by atoms with Crippen molar-refractivity contribution in [1.82, 2.24) is 15.5 Å². The number of nitrogens with zero attached hydrogens (tertiary/aromatic N) is 3. The van der Waals surface area contributed by atoms with Crippen LogP contribution in [-0.4, -0.2) is 29.3 Å². The van der Waals surface area contributed by atoms with Gasteiger partial charge in [0.05, 0.1) is 18.4 Å². The molecule has 0 amide bonds. The molecule has 0 radical (unpaired) electrons. The maximum Gasteiger partial charge on any atom is 0.261 e. The number of hydrogen-bond acceptors (Lipinski definition) is 6. The van der Waals surface area contributed by atoms with Crippen LogP contribution in [0.2, 0.25) is 0 Å². The van der Waals surface area contributed by atoms with Crippen LogP contribution < -0.4 is 10.2 Å². The van der Waals surface area contributed by atoms with E-state index >= 15 is 0 Å². The van der Waals surface area contributed by atoms with Crippen molar-refractivity contribution in [2.75, 3.05) is 11.9 Å². The fourth-order valence-electron chi connectivity index (χ4n) is 3.50. The van der Waals surface area contributed by atoms with Crippen LogP contribution in [-0.2, 0) is 19.4 Å². The number of nitrogens with one attached hydrogen (secondary N) is 1. The fraction of sp³-hybridized carbons (Fsp3) is 0.400. The van der Waals surface area contributed by atoms with Gasteiger partial charge in [-0.1, -0.05) is 23.4 Å². The Kier molecular flexibility index (Phi) is 5.87. The van der Waals surface area contributed by atoms with Gasteiger partial charge < -0.3 is 19.2 Å². The third-order valence-electron chi connectivity index (χ3n) is 5.09. The highest BCUT2D eigenvalue weighted by molar-refractivity contribution is 5.85. The predicted molar refractivity (Wildman–Crippen MR) is 107 cm³/mol. The maximum absolute atomic E-state index is 5.77. The second-order valence-electron chi connectivity index (χ2n) is 6.98. The van der Waals surface area contributed by atoms with Gasteiger partial charge >= 0.3 is 0 Å². The van der Waals surface area contributed by atoms with Gasteiger partial charge in [-0.2, -0.15) is 4.98 Å². The van der Waals surface area contributed by atoms with Crippen LogP contribution in [0.15, 0.2) is 45.5 Å². The first-order chi connectivity index (χ1) is 12.7. The van der Waals surface area contributed by atoms with Gasteiger partial charge in [0.15, 0.2) is 5.82 Å². The Morgan fingerprint density at radius 1 is 1.30 bits per heavy atom. The molecule has 7 heteroatoms. The van der Waals surface area contributed by atoms with Crippen molar-refractivity contribution in [3.63, 3.8) is 0 Å². The molecule has 6 nitrogen and oxygen atoms in total. The molecule has 0 saturated carbocycles. The van der Waals surface area contributed by atoms with Crippen molar-refractivity contribution < 1.29 is 8.94 Å². The summed E-state index contributed by atoms with van der Waals surface area (Å²) >= 11 is 0. The van der Waals surface area contributed by atoms with E-state index in [9.17, 15) is 0 Å². The molecule has 0 spiro atoms. The van der Waals surface area contributed by atoms with Gasteiger partial charge in [-0.3, -0.25) is 0 Å². The first-order valence-electron chi connectivity index (χ1n) is 9.07. The molecule has 0 fully saturated rings. The van der Waals surface area contributed by atoms with E-state index < -0.39 is 0 Å². The molecule has 2 atom stereocenters. The van der Waals surface area contributed by atoms with Crippen molar-refractivity contribution in [2.24, 2.45) is 0 Å². The second-order valence-corrected chi connectivity index (χ2v) is 6.98. The highest BCUT2D eigenvalue weighted by Gasteiger charge is 2.28. The Morgan fingerprint density at radius 3 is 2.93 bits per heavy atom. The summed E-state index contributed by atoms with van der Waals surface area (Å²) in [6.45, 7) is 5.02. The first-order valence-corrected chi connectivity index (χ1v) is 9.07. The first kappa shape index (κ1) is 19.5. The van der Waals surface area contributed by atoms with Crippen LogP contribution >= 0.6 is 12.4 Å². The predicted octanol–water partition coefficient (Wildman–Crippen LogP) is 3.85. The number of fused-ring (bicyclic) bond motifs is 1. The molecule has 1 aliphatic rings. The number of halogens is 1. The normalized spacial score (nSPS) is 16.9. The van der Waals surface area contributed by atoms with Crippen LogP contribution in [0.3, 0.4) is 0 Å². The molecule has 3 heterocycles. The van der Waals surface area contributed by atoms with Crippen molar-refractivity contribution >= 4 is 18.1 Å². The molecule has 0 saturated heterocycles. The van der Waals surface area contributed by atoms with Crippen LogP contribution in [0.5, 0.6) is 0 Å². The van der Waals surface area contributed by atoms with E-state index in [2.05, 4.69) is 58.5 Å². The van der Waals surface area contributed by atoms with E-state index in [4.69, 9.17) is 8.94 Å². The molecule has 1 aromatic carbocycles. The lowest BCUT2D eigenvalue weighted by molar-refractivity contribution is 0.416. The Labute approximate surface area is 165 Å². The van der Waals surface area contributed by atoms with E-state index in [1.54, 1.807) is 6.26 Å². The second kappa shape index (κ2) is 8.15. The lowest BCUT2D eigenvalue weighted by Crippen LogP contribution is -2.28. The van der Waals surface area contributed by atoms with Crippen molar-refractivity contribution in [2.45, 2.75) is 45.3 Å². The Balaban J connectivity index is 0.00000210. The fourth-order valence-corrected chi connectivity index (χ4v) is 3.50.